The van der Waals surface area contributed by atoms with Crippen LogP contribution in [0.1, 0.15) is 19.8 Å². The third-order valence-electron chi connectivity index (χ3n) is 1.56. The highest BCUT2D eigenvalue weighted by Gasteiger charge is 2.20. The zero-order valence-electron chi connectivity index (χ0n) is 5.52. The van der Waals surface area contributed by atoms with Gasteiger partial charge >= 0.3 is 0 Å². The quantitative estimate of drug-likeness (QED) is 0.596. The first kappa shape index (κ1) is 8.92. The van der Waals surface area contributed by atoms with Gasteiger partial charge in [-0.05, 0) is 6.42 Å². The van der Waals surface area contributed by atoms with Gasteiger partial charge < -0.3 is 5.32 Å². The average molecular weight is 150 g/mol. The summed E-state index contributed by atoms with van der Waals surface area (Å²) in [5.41, 5.74) is 0. The molecule has 0 radical (unpaired) electrons. The molecule has 0 spiro atoms. The highest BCUT2D eigenvalue weighted by Crippen LogP contribution is 2.02. The van der Waals surface area contributed by atoms with Crippen LogP contribution in [-0.2, 0) is 4.79 Å². The van der Waals surface area contributed by atoms with Crippen LogP contribution in [0.15, 0.2) is 0 Å². The Balaban J connectivity index is 0.000000640. The zero-order valence-corrected chi connectivity index (χ0v) is 6.33. The molecular formula is C6H12ClNO. The number of rotatable bonds is 1. The van der Waals surface area contributed by atoms with Crippen LogP contribution in [0, 0.1) is 0 Å². The van der Waals surface area contributed by atoms with E-state index >= 15 is 0 Å². The number of hydrogen-bond acceptors (Lipinski definition) is 2. The Morgan fingerprint density at radius 3 is 2.67 bits per heavy atom. The van der Waals surface area contributed by atoms with E-state index < -0.39 is 0 Å². The SMILES string of the molecule is CCC1NCCC1=O.Cl. The van der Waals surface area contributed by atoms with Gasteiger partial charge in [-0.2, -0.15) is 0 Å². The largest absolute Gasteiger partial charge is 0.307 e. The Labute approximate surface area is 61.4 Å². The average Bonchev–Trinajstić information content (AvgIpc) is 2.14. The van der Waals surface area contributed by atoms with Crippen LogP contribution in [0.3, 0.4) is 0 Å². The first-order valence-corrected chi connectivity index (χ1v) is 3.10. The van der Waals surface area contributed by atoms with Crippen LogP contribution in [-0.4, -0.2) is 18.4 Å². The van der Waals surface area contributed by atoms with E-state index in [1.165, 1.54) is 0 Å². The lowest BCUT2D eigenvalue weighted by molar-refractivity contribution is -0.118. The molecule has 0 aliphatic carbocycles. The number of carbonyl (C=O) groups is 1. The molecule has 1 saturated heterocycles. The molecule has 1 N–H and O–H groups in total. The van der Waals surface area contributed by atoms with E-state index in [-0.39, 0.29) is 18.4 Å². The number of hydrogen-bond donors (Lipinski definition) is 1. The Bertz CT molecular complexity index is 105. The van der Waals surface area contributed by atoms with E-state index in [0.717, 1.165) is 19.4 Å². The van der Waals surface area contributed by atoms with Crippen molar-refractivity contribution >= 4 is 18.2 Å². The Kier molecular flexibility index (Phi) is 3.82. The normalized spacial score (nSPS) is 25.9. The van der Waals surface area contributed by atoms with Crippen LogP contribution in [0.4, 0.5) is 0 Å². The van der Waals surface area contributed by atoms with Crippen molar-refractivity contribution in [1.82, 2.24) is 5.32 Å². The molecule has 0 aromatic rings. The zero-order chi connectivity index (χ0) is 5.98. The van der Waals surface area contributed by atoms with E-state index in [1.54, 1.807) is 0 Å². The van der Waals surface area contributed by atoms with Gasteiger partial charge in [-0.25, -0.2) is 0 Å². The smallest absolute Gasteiger partial charge is 0.150 e. The topological polar surface area (TPSA) is 29.1 Å². The second-order valence-electron chi connectivity index (χ2n) is 2.13. The van der Waals surface area contributed by atoms with Crippen LogP contribution < -0.4 is 5.32 Å². The molecule has 1 unspecified atom stereocenters. The summed E-state index contributed by atoms with van der Waals surface area (Å²) in [4.78, 5) is 10.7. The van der Waals surface area contributed by atoms with Gasteiger partial charge in [0.15, 0.2) is 5.78 Å². The lowest BCUT2D eigenvalue weighted by Crippen LogP contribution is -2.25. The lowest BCUT2D eigenvalue weighted by atomic mass is 10.2. The van der Waals surface area contributed by atoms with Crippen LogP contribution in [0.25, 0.3) is 0 Å². The minimum absolute atomic E-state index is 0. The predicted octanol–water partition coefficient (Wildman–Crippen LogP) is 0.749. The van der Waals surface area contributed by atoms with E-state index in [1.807, 2.05) is 6.92 Å². The summed E-state index contributed by atoms with van der Waals surface area (Å²) in [6, 6.07) is 0.176. The standard InChI is InChI=1S/C6H11NO.ClH/c1-2-5-6(8)3-4-7-5;/h5,7H,2-4H2,1H3;1H. The molecule has 1 aliphatic heterocycles. The van der Waals surface area contributed by atoms with Gasteiger partial charge in [-0.1, -0.05) is 6.92 Å². The van der Waals surface area contributed by atoms with Crippen molar-refractivity contribution in [3.05, 3.63) is 0 Å². The van der Waals surface area contributed by atoms with Crippen molar-refractivity contribution in [2.24, 2.45) is 0 Å². The molecule has 1 rings (SSSR count). The number of halogens is 1. The summed E-state index contributed by atoms with van der Waals surface area (Å²) in [6.07, 6.45) is 1.68. The minimum Gasteiger partial charge on any atom is -0.307 e. The van der Waals surface area contributed by atoms with Gasteiger partial charge in [-0.3, -0.25) is 4.79 Å². The summed E-state index contributed by atoms with van der Waals surface area (Å²) >= 11 is 0. The van der Waals surface area contributed by atoms with Crippen LogP contribution in [0.5, 0.6) is 0 Å². The van der Waals surface area contributed by atoms with Crippen molar-refractivity contribution in [2.75, 3.05) is 6.54 Å². The Morgan fingerprint density at radius 2 is 2.44 bits per heavy atom. The summed E-state index contributed by atoms with van der Waals surface area (Å²) in [5.74, 6) is 0.382. The fourth-order valence-corrected chi connectivity index (χ4v) is 1.03. The van der Waals surface area contributed by atoms with Gasteiger partial charge in [0.25, 0.3) is 0 Å². The molecule has 0 saturated carbocycles. The van der Waals surface area contributed by atoms with E-state index in [0.29, 0.717) is 5.78 Å². The lowest BCUT2D eigenvalue weighted by Gasteiger charge is -2.01. The first-order valence-electron chi connectivity index (χ1n) is 3.10. The second-order valence-corrected chi connectivity index (χ2v) is 2.13. The van der Waals surface area contributed by atoms with Crippen molar-refractivity contribution in [2.45, 2.75) is 25.8 Å². The highest BCUT2D eigenvalue weighted by molar-refractivity contribution is 5.86. The van der Waals surface area contributed by atoms with E-state index in [2.05, 4.69) is 5.32 Å². The van der Waals surface area contributed by atoms with Crippen molar-refractivity contribution < 1.29 is 4.79 Å². The fourth-order valence-electron chi connectivity index (χ4n) is 1.03. The number of carbonyl (C=O) groups excluding carboxylic acids is 1. The first-order chi connectivity index (χ1) is 3.84. The van der Waals surface area contributed by atoms with Gasteiger partial charge in [0.1, 0.15) is 0 Å². The van der Waals surface area contributed by atoms with Gasteiger partial charge in [0.05, 0.1) is 6.04 Å². The molecule has 0 bridgehead atoms. The molecule has 0 aromatic carbocycles. The number of ketones is 1. The summed E-state index contributed by atoms with van der Waals surface area (Å²) in [6.45, 7) is 2.91. The summed E-state index contributed by atoms with van der Waals surface area (Å²) in [7, 11) is 0. The molecule has 54 valence electrons. The highest BCUT2D eigenvalue weighted by atomic mass is 35.5. The molecule has 1 heterocycles. The van der Waals surface area contributed by atoms with Crippen molar-refractivity contribution in [3.8, 4) is 0 Å². The fraction of sp³-hybridized carbons (Fsp3) is 0.833. The minimum atomic E-state index is 0. The van der Waals surface area contributed by atoms with E-state index in [9.17, 15) is 4.79 Å². The Morgan fingerprint density at radius 1 is 1.78 bits per heavy atom. The molecule has 0 amide bonds. The predicted molar refractivity (Wildman–Crippen MR) is 39.0 cm³/mol. The molecule has 9 heavy (non-hydrogen) atoms. The van der Waals surface area contributed by atoms with Gasteiger partial charge in [-0.15, -0.1) is 12.4 Å². The molecule has 0 aromatic heterocycles. The van der Waals surface area contributed by atoms with Crippen molar-refractivity contribution in [1.29, 1.82) is 0 Å². The maximum Gasteiger partial charge on any atom is 0.150 e. The number of Topliss-reactive ketones (excluding diaryl/α,β-unsaturated/α-hetero) is 1. The van der Waals surface area contributed by atoms with Crippen LogP contribution >= 0.6 is 12.4 Å². The third kappa shape index (κ3) is 1.95. The third-order valence-corrected chi connectivity index (χ3v) is 1.56. The number of nitrogens with one attached hydrogen (secondary N) is 1. The maximum atomic E-state index is 10.7. The van der Waals surface area contributed by atoms with Gasteiger partial charge in [0.2, 0.25) is 0 Å². The second kappa shape index (κ2) is 3.85. The molecule has 1 fully saturated rings. The molecule has 2 nitrogen and oxygen atoms in total. The van der Waals surface area contributed by atoms with E-state index in [4.69, 9.17) is 0 Å². The molecular weight excluding hydrogens is 138 g/mol. The monoisotopic (exact) mass is 149 g/mol. The van der Waals surface area contributed by atoms with Crippen molar-refractivity contribution in [3.63, 3.8) is 0 Å². The molecule has 1 atom stereocenters. The molecule has 1 aliphatic rings. The summed E-state index contributed by atoms with van der Waals surface area (Å²) < 4.78 is 0. The summed E-state index contributed by atoms with van der Waals surface area (Å²) in [5, 5.41) is 3.11. The maximum absolute atomic E-state index is 10.7. The van der Waals surface area contributed by atoms with Crippen LogP contribution in [0.2, 0.25) is 0 Å². The Hall–Kier alpha value is -0.0800. The molecule has 3 heteroatoms. The van der Waals surface area contributed by atoms with Gasteiger partial charge in [0, 0.05) is 13.0 Å².